The number of alkyl halides is 3. The first-order valence-electron chi connectivity index (χ1n) is 7.45. The van der Waals surface area contributed by atoms with Gasteiger partial charge in [0.25, 0.3) is 0 Å². The van der Waals surface area contributed by atoms with Gasteiger partial charge in [0, 0.05) is 16.6 Å². The smallest absolute Gasteiger partial charge is 0.326 e. The van der Waals surface area contributed by atoms with Crippen molar-refractivity contribution in [1.82, 2.24) is 0 Å². The average molecular weight is 450 g/mol. The summed E-state index contributed by atoms with van der Waals surface area (Å²) in [6, 6.07) is 9.45. The molecule has 0 aliphatic heterocycles. The number of sulfone groups is 1. The lowest BCUT2D eigenvalue weighted by Gasteiger charge is -2.12. The van der Waals surface area contributed by atoms with E-state index in [-0.39, 0.29) is 21.5 Å². The van der Waals surface area contributed by atoms with Gasteiger partial charge in [-0.05, 0) is 37.3 Å². The van der Waals surface area contributed by atoms with Gasteiger partial charge in [0.05, 0.1) is 16.2 Å². The second kappa shape index (κ2) is 7.79. The summed E-state index contributed by atoms with van der Waals surface area (Å²) in [6.45, 7) is 1.82. The van der Waals surface area contributed by atoms with Crippen LogP contribution >= 0.6 is 15.9 Å². The van der Waals surface area contributed by atoms with Crippen LogP contribution in [-0.2, 0) is 20.8 Å². The number of benzene rings is 2. The lowest BCUT2D eigenvalue weighted by atomic mass is 10.2. The Labute approximate surface area is 157 Å². The highest BCUT2D eigenvalue weighted by Crippen LogP contribution is 2.36. The number of carbonyl (C=O) groups is 1. The first-order chi connectivity index (χ1) is 12.0. The second-order valence-electron chi connectivity index (χ2n) is 5.62. The monoisotopic (exact) mass is 449 g/mol. The van der Waals surface area contributed by atoms with E-state index in [0.717, 1.165) is 11.6 Å². The summed E-state index contributed by atoms with van der Waals surface area (Å²) in [6.07, 6.45) is -4.94. The number of aryl methyl sites for hydroxylation is 1. The number of halogens is 4. The molecule has 26 heavy (non-hydrogen) atoms. The predicted octanol–water partition coefficient (Wildman–Crippen LogP) is 4.58. The number of hydrogen-bond acceptors (Lipinski definition) is 3. The number of anilines is 1. The zero-order valence-electron chi connectivity index (χ0n) is 13.6. The van der Waals surface area contributed by atoms with E-state index in [0.29, 0.717) is 0 Å². The highest BCUT2D eigenvalue weighted by atomic mass is 79.9. The molecule has 2 aromatic rings. The molecule has 0 unspecified atom stereocenters. The minimum absolute atomic E-state index is 0.0572. The Morgan fingerprint density at radius 3 is 2.31 bits per heavy atom. The molecule has 2 rings (SSSR count). The van der Waals surface area contributed by atoms with E-state index in [9.17, 15) is 26.4 Å². The van der Waals surface area contributed by atoms with Gasteiger partial charge in [-0.15, -0.1) is 0 Å². The molecule has 0 bridgehead atoms. The highest BCUT2D eigenvalue weighted by Gasteiger charge is 2.33. The molecular formula is C17H15BrF3NO3S. The van der Waals surface area contributed by atoms with Crippen LogP contribution in [0.1, 0.15) is 17.5 Å². The van der Waals surface area contributed by atoms with E-state index in [2.05, 4.69) is 21.2 Å². The van der Waals surface area contributed by atoms with Gasteiger partial charge in [0.15, 0.2) is 9.84 Å². The summed E-state index contributed by atoms with van der Waals surface area (Å²) < 4.78 is 62.8. The van der Waals surface area contributed by atoms with Crippen molar-refractivity contribution >= 4 is 37.4 Å². The molecule has 140 valence electrons. The van der Waals surface area contributed by atoms with Gasteiger partial charge in [0.2, 0.25) is 5.91 Å². The maximum Gasteiger partial charge on any atom is 0.417 e. The zero-order chi connectivity index (χ0) is 19.5. The maximum absolute atomic E-state index is 12.9. The summed E-state index contributed by atoms with van der Waals surface area (Å²) in [5.41, 5.74) is -0.0850. The molecule has 0 fully saturated rings. The Kier molecular flexibility index (Phi) is 6.13. The molecule has 0 spiro atoms. The molecule has 0 atom stereocenters. The van der Waals surface area contributed by atoms with Gasteiger partial charge in [0.1, 0.15) is 0 Å². The normalized spacial score (nSPS) is 12.0. The van der Waals surface area contributed by atoms with Crippen LogP contribution in [0.15, 0.2) is 51.8 Å². The van der Waals surface area contributed by atoms with Crippen molar-refractivity contribution < 1.29 is 26.4 Å². The fraction of sp³-hybridized carbons (Fsp3) is 0.235. The van der Waals surface area contributed by atoms with Crippen molar-refractivity contribution in [3.05, 3.63) is 58.1 Å². The molecule has 0 saturated carbocycles. The van der Waals surface area contributed by atoms with Gasteiger partial charge < -0.3 is 5.32 Å². The summed E-state index contributed by atoms with van der Waals surface area (Å²) in [5, 5.41) is 2.29. The van der Waals surface area contributed by atoms with Crippen molar-refractivity contribution in [1.29, 1.82) is 0 Å². The number of carbonyl (C=O) groups excluding carboxylic acids is 1. The van der Waals surface area contributed by atoms with Crippen LogP contribution in [0.2, 0.25) is 0 Å². The van der Waals surface area contributed by atoms with Crippen LogP contribution in [0.5, 0.6) is 0 Å². The third kappa shape index (κ3) is 5.31. The van der Waals surface area contributed by atoms with Crippen molar-refractivity contribution in [2.24, 2.45) is 0 Å². The average Bonchev–Trinajstić information content (AvgIpc) is 2.54. The number of rotatable bonds is 5. The van der Waals surface area contributed by atoms with Gasteiger partial charge >= 0.3 is 6.18 Å². The van der Waals surface area contributed by atoms with E-state index in [1.165, 1.54) is 24.3 Å². The summed E-state index contributed by atoms with van der Waals surface area (Å²) >= 11 is 2.81. The molecule has 4 nitrogen and oxygen atoms in total. The Hall–Kier alpha value is -1.87. The summed E-state index contributed by atoms with van der Waals surface area (Å²) in [7, 11) is -3.65. The van der Waals surface area contributed by atoms with Crippen molar-refractivity contribution in [3.8, 4) is 0 Å². The molecule has 0 radical (unpaired) electrons. The topological polar surface area (TPSA) is 63.2 Å². The fourth-order valence-corrected chi connectivity index (χ4v) is 3.85. The van der Waals surface area contributed by atoms with Crippen LogP contribution < -0.4 is 5.32 Å². The minimum atomic E-state index is -4.58. The molecule has 0 aromatic heterocycles. The van der Waals surface area contributed by atoms with E-state index >= 15 is 0 Å². The molecular weight excluding hydrogens is 435 g/mol. The molecule has 0 saturated heterocycles. The molecule has 1 amide bonds. The largest absolute Gasteiger partial charge is 0.417 e. The molecule has 1 N–H and O–H groups in total. The van der Waals surface area contributed by atoms with Crippen LogP contribution in [0, 0.1) is 6.92 Å². The SMILES string of the molecule is Cc1ccc(S(=O)(=O)CCC(=O)Nc2ccc(Br)c(C(F)(F)F)c2)cc1. The first kappa shape index (κ1) is 20.4. The minimum Gasteiger partial charge on any atom is -0.326 e. The van der Waals surface area contributed by atoms with Crippen LogP contribution in [-0.4, -0.2) is 20.1 Å². The van der Waals surface area contributed by atoms with E-state index in [1.807, 2.05) is 6.92 Å². The lowest BCUT2D eigenvalue weighted by molar-refractivity contribution is -0.138. The van der Waals surface area contributed by atoms with Crippen molar-refractivity contribution in [3.63, 3.8) is 0 Å². The summed E-state index contributed by atoms with van der Waals surface area (Å²) in [4.78, 5) is 12.0. The number of amides is 1. The van der Waals surface area contributed by atoms with E-state index in [1.54, 1.807) is 12.1 Å². The molecule has 9 heteroatoms. The van der Waals surface area contributed by atoms with Crippen molar-refractivity contribution in [2.45, 2.75) is 24.4 Å². The Balaban J connectivity index is 2.04. The van der Waals surface area contributed by atoms with Crippen molar-refractivity contribution in [2.75, 3.05) is 11.1 Å². The van der Waals surface area contributed by atoms with Gasteiger partial charge in [-0.25, -0.2) is 8.42 Å². The highest BCUT2D eigenvalue weighted by molar-refractivity contribution is 9.10. The Morgan fingerprint density at radius 2 is 1.73 bits per heavy atom. The number of hydrogen-bond donors (Lipinski definition) is 1. The predicted molar refractivity (Wildman–Crippen MR) is 95.6 cm³/mol. The zero-order valence-corrected chi connectivity index (χ0v) is 16.0. The lowest BCUT2D eigenvalue weighted by Crippen LogP contribution is -2.18. The fourth-order valence-electron chi connectivity index (χ4n) is 2.13. The molecule has 0 heterocycles. The molecule has 2 aromatic carbocycles. The third-order valence-corrected chi connectivity index (χ3v) is 5.96. The van der Waals surface area contributed by atoms with E-state index < -0.39 is 33.2 Å². The van der Waals surface area contributed by atoms with E-state index in [4.69, 9.17) is 0 Å². The van der Waals surface area contributed by atoms with Gasteiger partial charge in [-0.2, -0.15) is 13.2 Å². The van der Waals surface area contributed by atoms with Crippen LogP contribution in [0.4, 0.5) is 18.9 Å². The Bertz CT molecular complexity index is 910. The van der Waals surface area contributed by atoms with Gasteiger partial charge in [-0.3, -0.25) is 4.79 Å². The standard InChI is InChI=1S/C17H15BrF3NO3S/c1-11-2-5-13(6-3-11)26(24,25)9-8-16(23)22-12-4-7-15(18)14(10-12)17(19,20)21/h2-7,10H,8-9H2,1H3,(H,22,23). The molecule has 0 aliphatic carbocycles. The quantitative estimate of drug-likeness (QED) is 0.726. The van der Waals surface area contributed by atoms with Crippen LogP contribution in [0.3, 0.4) is 0 Å². The maximum atomic E-state index is 12.9. The third-order valence-electron chi connectivity index (χ3n) is 3.53. The first-order valence-corrected chi connectivity index (χ1v) is 9.89. The summed E-state index contributed by atoms with van der Waals surface area (Å²) in [5.74, 6) is -1.12. The molecule has 0 aliphatic rings. The van der Waals surface area contributed by atoms with Gasteiger partial charge in [-0.1, -0.05) is 33.6 Å². The Morgan fingerprint density at radius 1 is 1.12 bits per heavy atom. The van der Waals surface area contributed by atoms with Crippen LogP contribution in [0.25, 0.3) is 0 Å². The number of nitrogens with one attached hydrogen (secondary N) is 1. The second-order valence-corrected chi connectivity index (χ2v) is 8.59.